The third-order valence-electron chi connectivity index (χ3n) is 4.46. The first-order valence-corrected chi connectivity index (χ1v) is 9.93. The molecule has 3 aromatic rings. The monoisotopic (exact) mass is 408 g/mol. The van der Waals surface area contributed by atoms with Crippen LogP contribution in [-0.4, -0.2) is 39.0 Å². The number of anilines is 1. The molecule has 1 aliphatic rings. The predicted molar refractivity (Wildman–Crippen MR) is 112 cm³/mol. The fraction of sp³-hybridized carbons (Fsp3) is 0.150. The lowest BCUT2D eigenvalue weighted by atomic mass is 10.0. The number of rotatable bonds is 6. The number of H-pyrrole nitrogens is 1. The van der Waals surface area contributed by atoms with Crippen molar-refractivity contribution in [3.63, 3.8) is 0 Å². The van der Waals surface area contributed by atoms with E-state index in [1.54, 1.807) is 12.1 Å². The lowest BCUT2D eigenvalue weighted by molar-refractivity contribution is -0.131. The zero-order valence-corrected chi connectivity index (χ0v) is 16.5. The van der Waals surface area contributed by atoms with Crippen molar-refractivity contribution in [3.05, 3.63) is 71.8 Å². The summed E-state index contributed by atoms with van der Waals surface area (Å²) in [4.78, 5) is 17.0. The minimum absolute atomic E-state index is 0.0960. The van der Waals surface area contributed by atoms with Gasteiger partial charge in [0.1, 0.15) is 5.75 Å². The van der Waals surface area contributed by atoms with Crippen LogP contribution in [0.5, 0.6) is 5.75 Å². The summed E-state index contributed by atoms with van der Waals surface area (Å²) in [7, 11) is 1.63. The highest BCUT2D eigenvalue weighted by molar-refractivity contribution is 7.99. The largest absolute Gasteiger partial charge is 0.497 e. The Hall–Kier alpha value is -3.46. The summed E-state index contributed by atoms with van der Waals surface area (Å²) in [6.07, 6.45) is 2.05. The van der Waals surface area contributed by atoms with Gasteiger partial charge >= 0.3 is 0 Å². The average molecular weight is 408 g/mol. The Labute approximate surface area is 172 Å². The Morgan fingerprint density at radius 3 is 2.62 bits per heavy atom. The number of nitrogens with zero attached hydrogens (tertiary/aromatic N) is 3. The molecule has 29 heavy (non-hydrogen) atoms. The van der Waals surface area contributed by atoms with Crippen LogP contribution >= 0.6 is 11.8 Å². The number of hydrazine groups is 1. The van der Waals surface area contributed by atoms with Gasteiger partial charge in [0.05, 0.1) is 24.6 Å². The molecule has 0 spiro atoms. The molecule has 4 N–H and O–H groups in total. The van der Waals surface area contributed by atoms with Crippen molar-refractivity contribution < 1.29 is 9.53 Å². The molecule has 4 rings (SSSR count). The molecule has 1 aliphatic heterocycles. The molecule has 0 radical (unpaired) electrons. The minimum Gasteiger partial charge on any atom is -0.497 e. The van der Waals surface area contributed by atoms with E-state index in [9.17, 15) is 4.79 Å². The Morgan fingerprint density at radius 2 is 1.97 bits per heavy atom. The molecule has 0 saturated carbocycles. The van der Waals surface area contributed by atoms with Gasteiger partial charge in [0.15, 0.2) is 0 Å². The number of methoxy groups -OCH3 is 1. The Balaban J connectivity index is 1.57. The smallest absolute Gasteiger partial charge is 0.252 e. The third-order valence-corrected chi connectivity index (χ3v) is 5.29. The van der Waals surface area contributed by atoms with Crippen molar-refractivity contribution in [2.75, 3.05) is 18.6 Å². The van der Waals surface area contributed by atoms with E-state index >= 15 is 0 Å². The number of hydrogen-bond acceptors (Lipinski definition) is 7. The summed E-state index contributed by atoms with van der Waals surface area (Å²) in [5.74, 6) is 1.07. The zero-order chi connectivity index (χ0) is 20.2. The van der Waals surface area contributed by atoms with Gasteiger partial charge in [-0.3, -0.25) is 10.2 Å². The number of nitrogens with two attached hydrogens (primary N) is 1. The number of thioether (sulfide) groups is 1. The minimum atomic E-state index is -0.249. The quantitative estimate of drug-likeness (QED) is 0.538. The van der Waals surface area contributed by atoms with Crippen molar-refractivity contribution in [2.45, 2.75) is 11.2 Å². The molecular formula is C20H20N6O2S. The van der Waals surface area contributed by atoms with E-state index in [1.165, 1.54) is 11.8 Å². The van der Waals surface area contributed by atoms with Crippen LogP contribution in [0, 0.1) is 0 Å². The van der Waals surface area contributed by atoms with Crippen LogP contribution < -0.4 is 15.9 Å². The normalized spacial score (nSPS) is 15.7. The van der Waals surface area contributed by atoms with Crippen LogP contribution in [0.3, 0.4) is 0 Å². The van der Waals surface area contributed by atoms with Crippen LogP contribution in [0.25, 0.3) is 5.70 Å². The maximum Gasteiger partial charge on any atom is 0.252 e. The first-order valence-electron chi connectivity index (χ1n) is 8.94. The highest BCUT2D eigenvalue weighted by Gasteiger charge is 2.30. The van der Waals surface area contributed by atoms with Gasteiger partial charge in [-0.2, -0.15) is 4.98 Å². The molecule has 8 nitrogen and oxygen atoms in total. The van der Waals surface area contributed by atoms with Gasteiger partial charge < -0.3 is 10.5 Å². The maximum absolute atomic E-state index is 13.0. The lowest BCUT2D eigenvalue weighted by Crippen LogP contribution is -2.40. The molecular weight excluding hydrogens is 388 g/mol. The van der Waals surface area contributed by atoms with Crippen molar-refractivity contribution in [3.8, 4) is 5.75 Å². The number of nitrogens with one attached hydrogen (secondary N) is 2. The van der Waals surface area contributed by atoms with E-state index in [2.05, 4.69) is 20.6 Å². The molecule has 0 fully saturated rings. The summed E-state index contributed by atoms with van der Waals surface area (Å²) < 4.78 is 5.24. The Kier molecular flexibility index (Phi) is 5.39. The number of aromatic nitrogens is 3. The number of benzene rings is 2. The van der Waals surface area contributed by atoms with Gasteiger partial charge in [0.25, 0.3) is 5.91 Å². The zero-order valence-electron chi connectivity index (χ0n) is 15.7. The summed E-state index contributed by atoms with van der Waals surface area (Å²) in [6, 6.07) is 17.3. The Morgan fingerprint density at radius 1 is 1.21 bits per heavy atom. The van der Waals surface area contributed by atoms with Crippen molar-refractivity contribution in [2.24, 2.45) is 0 Å². The summed E-state index contributed by atoms with van der Waals surface area (Å²) in [5.41, 5.74) is 11.7. The number of amides is 1. The standard InChI is InChI=1S/C20H20N6O2S/c1-28-15-9-7-14(8-10-15)17-11-16(13-5-3-2-4-6-13)25-26(17)18(27)12-29-20-22-19(21)23-24-20/h2-11,17,25H,12H2,1H3,(H3,21,22,23,24)/t17-/m0/s1. The first-order chi connectivity index (χ1) is 14.1. The lowest BCUT2D eigenvalue weighted by Gasteiger charge is -2.25. The van der Waals surface area contributed by atoms with Crippen molar-refractivity contribution in [1.82, 2.24) is 25.6 Å². The Bertz CT molecular complexity index is 1020. The second-order valence-electron chi connectivity index (χ2n) is 6.33. The molecule has 1 atom stereocenters. The molecule has 148 valence electrons. The molecule has 0 bridgehead atoms. The summed E-state index contributed by atoms with van der Waals surface area (Å²) >= 11 is 1.23. The molecule has 9 heteroatoms. The van der Waals surface area contributed by atoms with Crippen molar-refractivity contribution >= 4 is 29.3 Å². The number of carbonyl (C=O) groups is 1. The fourth-order valence-corrected chi connectivity index (χ4v) is 3.69. The van der Waals surface area contributed by atoms with Gasteiger partial charge in [-0.05, 0) is 29.3 Å². The molecule has 0 saturated heterocycles. The highest BCUT2D eigenvalue weighted by atomic mass is 32.2. The van der Waals surface area contributed by atoms with E-state index in [0.717, 1.165) is 22.6 Å². The van der Waals surface area contributed by atoms with Crippen LogP contribution in [0.1, 0.15) is 17.2 Å². The average Bonchev–Trinajstić information content (AvgIpc) is 3.39. The van der Waals surface area contributed by atoms with Crippen LogP contribution in [0.15, 0.2) is 65.8 Å². The van der Waals surface area contributed by atoms with Gasteiger partial charge in [-0.1, -0.05) is 54.2 Å². The topological polar surface area (TPSA) is 109 Å². The van der Waals surface area contributed by atoms with Gasteiger partial charge in [-0.25, -0.2) is 10.1 Å². The van der Waals surface area contributed by atoms with Crippen molar-refractivity contribution in [1.29, 1.82) is 0 Å². The molecule has 2 aromatic carbocycles. The number of aromatic amines is 1. The predicted octanol–water partition coefficient (Wildman–Crippen LogP) is 2.62. The maximum atomic E-state index is 13.0. The second kappa shape index (κ2) is 8.27. The van der Waals surface area contributed by atoms with E-state index in [4.69, 9.17) is 10.5 Å². The number of ether oxygens (including phenoxy) is 1. The van der Waals surface area contributed by atoms with Crippen LogP contribution in [0.2, 0.25) is 0 Å². The number of hydrogen-bond donors (Lipinski definition) is 3. The summed E-state index contributed by atoms with van der Waals surface area (Å²) in [5, 5.41) is 8.60. The van der Waals surface area contributed by atoms with Gasteiger partial charge in [0.2, 0.25) is 11.1 Å². The summed E-state index contributed by atoms with van der Waals surface area (Å²) in [6.45, 7) is 0. The number of nitrogen functional groups attached to an aromatic ring is 1. The number of carbonyl (C=O) groups excluding carboxylic acids is 1. The molecule has 0 aliphatic carbocycles. The first kappa shape index (κ1) is 18.9. The van der Waals surface area contributed by atoms with E-state index in [1.807, 2.05) is 60.7 Å². The van der Waals surface area contributed by atoms with Gasteiger partial charge in [0, 0.05) is 0 Å². The second-order valence-corrected chi connectivity index (χ2v) is 7.27. The molecule has 1 amide bonds. The van der Waals surface area contributed by atoms with E-state index in [0.29, 0.717) is 5.16 Å². The van der Waals surface area contributed by atoms with Crippen LogP contribution in [-0.2, 0) is 4.79 Å². The fourth-order valence-electron chi connectivity index (χ4n) is 3.03. The third kappa shape index (κ3) is 4.19. The highest BCUT2D eigenvalue weighted by Crippen LogP contribution is 2.32. The van der Waals surface area contributed by atoms with Crippen LogP contribution in [0.4, 0.5) is 5.95 Å². The van der Waals surface area contributed by atoms with Gasteiger partial charge in [-0.15, -0.1) is 5.10 Å². The van der Waals surface area contributed by atoms with E-state index in [-0.39, 0.29) is 23.7 Å². The molecule has 1 aromatic heterocycles. The molecule has 0 unspecified atom stereocenters. The van der Waals surface area contributed by atoms with E-state index < -0.39 is 0 Å². The SMILES string of the molecule is COc1ccc([C@@H]2C=C(c3ccccc3)NN2C(=O)CSc2n[nH]c(N)n2)cc1. The molecule has 2 heterocycles.